The number of fused-ring (bicyclic) bond motifs is 1. The van der Waals surface area contributed by atoms with Gasteiger partial charge in [-0.2, -0.15) is 5.10 Å². The molecule has 0 saturated heterocycles. The number of aromatic nitrogens is 2. The van der Waals surface area contributed by atoms with Crippen molar-refractivity contribution in [2.45, 2.75) is 45.9 Å². The molecule has 1 N–H and O–H groups in total. The van der Waals surface area contributed by atoms with Gasteiger partial charge in [0.05, 0.1) is 13.1 Å². The molecule has 7 heteroatoms. The molecule has 0 fully saturated rings. The van der Waals surface area contributed by atoms with Crippen LogP contribution in [0.2, 0.25) is 0 Å². The standard InChI is InChI=1S/C25H28N4O3/c1-25(2,3)32-24(31)28-15-14-21-20(17-28)22(27-26-21)23(30)29(19-12-8-5-9-13-19)16-18-10-6-4-7-11-18/h4-13H,14-17H2,1-3H3,(H,26,27). The molecule has 0 unspecified atom stereocenters. The van der Waals surface area contributed by atoms with Crippen LogP contribution >= 0.6 is 0 Å². The number of amides is 2. The van der Waals surface area contributed by atoms with E-state index in [1.165, 1.54) is 0 Å². The van der Waals surface area contributed by atoms with Crippen molar-refractivity contribution < 1.29 is 14.3 Å². The predicted molar refractivity (Wildman–Crippen MR) is 122 cm³/mol. The van der Waals surface area contributed by atoms with Gasteiger partial charge < -0.3 is 14.5 Å². The fraction of sp³-hybridized carbons (Fsp3) is 0.320. The van der Waals surface area contributed by atoms with Gasteiger partial charge in [-0.05, 0) is 38.5 Å². The van der Waals surface area contributed by atoms with Crippen molar-refractivity contribution in [2.75, 3.05) is 11.4 Å². The van der Waals surface area contributed by atoms with Gasteiger partial charge in [-0.3, -0.25) is 9.89 Å². The summed E-state index contributed by atoms with van der Waals surface area (Å²) in [5, 5.41) is 7.37. The Balaban J connectivity index is 1.62. The highest BCUT2D eigenvalue weighted by Crippen LogP contribution is 2.26. The molecule has 32 heavy (non-hydrogen) atoms. The third kappa shape index (κ3) is 4.82. The van der Waals surface area contributed by atoms with Gasteiger partial charge in [-0.15, -0.1) is 0 Å². The lowest BCUT2D eigenvalue weighted by Crippen LogP contribution is -2.40. The molecule has 0 radical (unpaired) electrons. The molecule has 3 aromatic rings. The fourth-order valence-corrected chi connectivity index (χ4v) is 3.74. The lowest BCUT2D eigenvalue weighted by atomic mass is 10.0. The highest BCUT2D eigenvalue weighted by Gasteiger charge is 2.32. The van der Waals surface area contributed by atoms with Crippen LogP contribution in [0, 0.1) is 0 Å². The van der Waals surface area contributed by atoms with Gasteiger partial charge in [0.2, 0.25) is 0 Å². The number of hydrogen-bond acceptors (Lipinski definition) is 4. The molecule has 1 aliphatic heterocycles. The van der Waals surface area contributed by atoms with Crippen LogP contribution in [0.1, 0.15) is 48.1 Å². The molecule has 0 saturated carbocycles. The Morgan fingerprint density at radius 1 is 1.06 bits per heavy atom. The summed E-state index contributed by atoms with van der Waals surface area (Å²) in [7, 11) is 0. The molecule has 7 nitrogen and oxygen atoms in total. The minimum atomic E-state index is -0.577. The topological polar surface area (TPSA) is 78.5 Å². The molecule has 1 aromatic heterocycles. The average molecular weight is 433 g/mol. The van der Waals surface area contributed by atoms with E-state index in [0.29, 0.717) is 25.2 Å². The molecule has 2 aromatic carbocycles. The van der Waals surface area contributed by atoms with Gasteiger partial charge in [0, 0.05) is 29.9 Å². The Hall–Kier alpha value is -3.61. The van der Waals surface area contributed by atoms with Crippen LogP contribution in [-0.2, 0) is 24.2 Å². The third-order valence-electron chi connectivity index (χ3n) is 5.28. The zero-order chi connectivity index (χ0) is 22.7. The number of para-hydroxylation sites is 1. The molecule has 0 atom stereocenters. The SMILES string of the molecule is CC(C)(C)OC(=O)N1CCc2[nH]nc(C(=O)N(Cc3ccccc3)c3ccccc3)c2C1. The number of nitrogens with zero attached hydrogens (tertiary/aromatic N) is 3. The molecule has 2 heterocycles. The number of carbonyl (C=O) groups is 2. The summed E-state index contributed by atoms with van der Waals surface area (Å²) in [6.07, 6.45) is 0.214. The first-order chi connectivity index (χ1) is 15.3. The van der Waals surface area contributed by atoms with E-state index in [0.717, 1.165) is 22.5 Å². The van der Waals surface area contributed by atoms with Crippen LogP contribution < -0.4 is 4.90 Å². The molecular weight excluding hydrogens is 404 g/mol. The normalized spacial score (nSPS) is 13.4. The summed E-state index contributed by atoms with van der Waals surface area (Å²) >= 11 is 0. The molecule has 0 bridgehead atoms. The van der Waals surface area contributed by atoms with E-state index in [1.54, 1.807) is 9.80 Å². The summed E-state index contributed by atoms with van der Waals surface area (Å²) in [5.74, 6) is -0.205. The van der Waals surface area contributed by atoms with Crippen molar-refractivity contribution in [3.8, 4) is 0 Å². The number of carbonyl (C=O) groups excluding carboxylic acids is 2. The zero-order valence-electron chi connectivity index (χ0n) is 18.7. The number of aromatic amines is 1. The van der Waals surface area contributed by atoms with Crippen LogP contribution in [0.25, 0.3) is 0 Å². The van der Waals surface area contributed by atoms with Gasteiger partial charge in [0.15, 0.2) is 5.69 Å². The first-order valence-corrected chi connectivity index (χ1v) is 10.8. The minimum absolute atomic E-state index is 0.205. The van der Waals surface area contributed by atoms with E-state index in [1.807, 2.05) is 81.4 Å². The lowest BCUT2D eigenvalue weighted by Gasteiger charge is -2.30. The number of hydrogen-bond donors (Lipinski definition) is 1. The first kappa shape index (κ1) is 21.6. The van der Waals surface area contributed by atoms with Crippen molar-refractivity contribution in [1.82, 2.24) is 15.1 Å². The quantitative estimate of drug-likeness (QED) is 0.656. The summed E-state index contributed by atoms with van der Waals surface area (Å²) in [5.41, 5.74) is 3.21. The summed E-state index contributed by atoms with van der Waals surface area (Å²) in [6.45, 7) is 6.75. The van der Waals surface area contributed by atoms with Crippen molar-refractivity contribution >= 4 is 17.7 Å². The third-order valence-corrected chi connectivity index (χ3v) is 5.28. The molecule has 0 spiro atoms. The van der Waals surface area contributed by atoms with E-state index in [4.69, 9.17) is 4.74 Å². The monoisotopic (exact) mass is 432 g/mol. The number of rotatable bonds is 4. The maximum absolute atomic E-state index is 13.7. The van der Waals surface area contributed by atoms with E-state index < -0.39 is 5.60 Å². The van der Waals surface area contributed by atoms with Crippen LogP contribution in [0.4, 0.5) is 10.5 Å². The lowest BCUT2D eigenvalue weighted by molar-refractivity contribution is 0.0222. The van der Waals surface area contributed by atoms with Crippen LogP contribution in [0.5, 0.6) is 0 Å². The van der Waals surface area contributed by atoms with Gasteiger partial charge in [0.25, 0.3) is 5.91 Å². The summed E-state index contributed by atoms with van der Waals surface area (Å²) in [6, 6.07) is 19.4. The molecular formula is C25H28N4O3. The predicted octanol–water partition coefficient (Wildman–Crippen LogP) is 4.55. The highest BCUT2D eigenvalue weighted by molar-refractivity contribution is 6.05. The van der Waals surface area contributed by atoms with Crippen LogP contribution in [-0.4, -0.2) is 39.2 Å². The molecule has 166 valence electrons. The number of nitrogens with one attached hydrogen (secondary N) is 1. The Morgan fingerprint density at radius 2 is 1.72 bits per heavy atom. The molecule has 0 aliphatic carbocycles. The number of anilines is 1. The highest BCUT2D eigenvalue weighted by atomic mass is 16.6. The number of benzene rings is 2. The summed E-state index contributed by atoms with van der Waals surface area (Å²) < 4.78 is 5.53. The largest absolute Gasteiger partial charge is 0.444 e. The van der Waals surface area contributed by atoms with Crippen molar-refractivity contribution in [1.29, 1.82) is 0 Å². The second-order valence-electron chi connectivity index (χ2n) is 8.89. The fourth-order valence-electron chi connectivity index (χ4n) is 3.74. The van der Waals surface area contributed by atoms with Crippen LogP contribution in [0.3, 0.4) is 0 Å². The van der Waals surface area contributed by atoms with Gasteiger partial charge >= 0.3 is 6.09 Å². The Labute approximate surface area is 188 Å². The van der Waals surface area contributed by atoms with Crippen LogP contribution in [0.15, 0.2) is 60.7 Å². The average Bonchev–Trinajstić information content (AvgIpc) is 3.20. The van der Waals surface area contributed by atoms with Gasteiger partial charge in [-0.25, -0.2) is 4.79 Å². The van der Waals surface area contributed by atoms with Gasteiger partial charge in [-0.1, -0.05) is 48.5 Å². The second kappa shape index (κ2) is 8.86. The molecule has 4 rings (SSSR count). The number of H-pyrrole nitrogens is 1. The Bertz CT molecular complexity index is 1090. The smallest absolute Gasteiger partial charge is 0.410 e. The maximum atomic E-state index is 13.7. The van der Waals surface area contributed by atoms with E-state index in [9.17, 15) is 9.59 Å². The molecule has 1 aliphatic rings. The summed E-state index contributed by atoms with van der Waals surface area (Å²) in [4.78, 5) is 29.6. The Kier molecular flexibility index (Phi) is 5.99. The van der Waals surface area contributed by atoms with Crippen molar-refractivity contribution in [3.63, 3.8) is 0 Å². The van der Waals surface area contributed by atoms with Crippen molar-refractivity contribution in [3.05, 3.63) is 83.2 Å². The second-order valence-corrected chi connectivity index (χ2v) is 8.89. The minimum Gasteiger partial charge on any atom is -0.444 e. The van der Waals surface area contributed by atoms with E-state index >= 15 is 0 Å². The zero-order valence-corrected chi connectivity index (χ0v) is 18.7. The van der Waals surface area contributed by atoms with Crippen molar-refractivity contribution in [2.24, 2.45) is 0 Å². The first-order valence-electron chi connectivity index (χ1n) is 10.8. The van der Waals surface area contributed by atoms with E-state index in [-0.39, 0.29) is 18.5 Å². The number of ether oxygens (including phenoxy) is 1. The maximum Gasteiger partial charge on any atom is 0.410 e. The van der Waals surface area contributed by atoms with E-state index in [2.05, 4.69) is 10.2 Å². The van der Waals surface area contributed by atoms with Gasteiger partial charge in [0.1, 0.15) is 5.60 Å². The Morgan fingerprint density at radius 3 is 2.38 bits per heavy atom. The molecule has 2 amide bonds.